The van der Waals surface area contributed by atoms with E-state index in [1.165, 1.54) is 64.2 Å². The molecule has 0 spiro atoms. The van der Waals surface area contributed by atoms with Gasteiger partial charge in [-0.05, 0) is 99.2 Å². The Morgan fingerprint density at radius 3 is 1.12 bits per heavy atom. The van der Waals surface area contributed by atoms with Crippen LogP contribution in [0, 0.1) is 41.4 Å². The van der Waals surface area contributed by atoms with Crippen LogP contribution < -0.4 is 0 Å². The molecule has 0 heteroatoms. The predicted molar refractivity (Wildman–Crippen MR) is 143 cm³/mol. The Morgan fingerprint density at radius 2 is 0.688 bits per heavy atom. The molecular weight excluding hydrogens is 384 g/mol. The van der Waals surface area contributed by atoms with E-state index < -0.39 is 0 Å². The van der Waals surface area contributed by atoms with E-state index in [2.05, 4.69) is 6.92 Å². The highest BCUT2D eigenvalue weighted by molar-refractivity contribution is 4.89. The molecule has 5 aliphatic rings. The Balaban J connectivity index is 0.000000360. The summed E-state index contributed by atoms with van der Waals surface area (Å²) in [5.41, 5.74) is 0. The molecule has 5 aliphatic carbocycles. The molecule has 0 aromatic carbocycles. The van der Waals surface area contributed by atoms with Crippen LogP contribution in [0.2, 0.25) is 0 Å². The van der Waals surface area contributed by atoms with Crippen molar-refractivity contribution in [3.8, 4) is 0 Å². The van der Waals surface area contributed by atoms with E-state index >= 15 is 0 Å². The third-order valence-corrected chi connectivity index (χ3v) is 10.9. The highest BCUT2D eigenvalue weighted by Gasteiger charge is 2.38. The maximum Gasteiger partial charge on any atom is -0.0383 e. The minimum absolute atomic E-state index is 0. The minimum atomic E-state index is 0. The van der Waals surface area contributed by atoms with Crippen LogP contribution in [0.1, 0.15) is 162 Å². The molecule has 0 N–H and O–H groups in total. The first-order chi connectivity index (χ1) is 15.3. The van der Waals surface area contributed by atoms with Crippen LogP contribution in [-0.2, 0) is 0 Å². The highest BCUT2D eigenvalue weighted by atomic mass is 14.4. The molecule has 0 amide bonds. The monoisotopic (exact) mass is 444 g/mol. The molecular formula is C32H60. The van der Waals surface area contributed by atoms with Crippen LogP contribution in [0.4, 0.5) is 0 Å². The lowest BCUT2D eigenvalue weighted by atomic mass is 9.68. The van der Waals surface area contributed by atoms with Gasteiger partial charge in [-0.2, -0.15) is 0 Å². The van der Waals surface area contributed by atoms with Gasteiger partial charge < -0.3 is 0 Å². The van der Waals surface area contributed by atoms with Crippen LogP contribution in [0.15, 0.2) is 0 Å². The lowest BCUT2D eigenvalue weighted by Crippen LogP contribution is -2.26. The summed E-state index contributed by atoms with van der Waals surface area (Å²) in [6.45, 7) is 2.40. The number of hydrogen-bond donors (Lipinski definition) is 0. The third-order valence-electron chi connectivity index (χ3n) is 10.9. The van der Waals surface area contributed by atoms with Crippen molar-refractivity contribution in [1.82, 2.24) is 0 Å². The summed E-state index contributed by atoms with van der Waals surface area (Å²) in [5, 5.41) is 0. The summed E-state index contributed by atoms with van der Waals surface area (Å²) in [6, 6.07) is 0. The van der Waals surface area contributed by atoms with Crippen LogP contribution >= 0.6 is 0 Å². The van der Waals surface area contributed by atoms with Crippen molar-refractivity contribution in [1.29, 1.82) is 0 Å². The Bertz CT molecular complexity index is 443. The fourth-order valence-electron chi connectivity index (χ4n) is 8.73. The molecule has 188 valence electrons. The third kappa shape index (κ3) is 7.77. The Labute approximate surface area is 203 Å². The molecule has 0 bridgehead atoms. The van der Waals surface area contributed by atoms with Crippen molar-refractivity contribution in [2.45, 2.75) is 162 Å². The quantitative estimate of drug-likeness (QED) is 0.404. The standard InChI is InChI=1S/C25H44.C6H12.CH4/c1-2-19-8-10-22(11-9-19)24-16-17-25(18-24)23-14-12-21(13-15-23)20-6-4-3-5-7-20;1-2-4-6-5-3-1;/h19-25H,2-18H2,1H3;1-6H2;1H4. The highest BCUT2D eigenvalue weighted by Crippen LogP contribution is 2.49. The molecule has 0 heterocycles. The smallest absolute Gasteiger partial charge is 0.0383 e. The van der Waals surface area contributed by atoms with Crippen LogP contribution in [0.25, 0.3) is 0 Å². The van der Waals surface area contributed by atoms with Gasteiger partial charge in [-0.25, -0.2) is 0 Å². The van der Waals surface area contributed by atoms with Gasteiger partial charge in [0.15, 0.2) is 0 Å². The minimum Gasteiger partial charge on any atom is -0.0776 e. The fraction of sp³-hybridized carbons (Fsp3) is 1.00. The second-order valence-electron chi connectivity index (χ2n) is 12.7. The topological polar surface area (TPSA) is 0 Å². The van der Waals surface area contributed by atoms with Gasteiger partial charge in [0, 0.05) is 0 Å². The van der Waals surface area contributed by atoms with Crippen molar-refractivity contribution in [3.63, 3.8) is 0 Å². The number of hydrogen-bond acceptors (Lipinski definition) is 0. The average Bonchev–Trinajstić information content (AvgIpc) is 3.37. The molecule has 5 fully saturated rings. The Kier molecular flexibility index (Phi) is 12.0. The van der Waals surface area contributed by atoms with Crippen LogP contribution in [0.3, 0.4) is 0 Å². The van der Waals surface area contributed by atoms with Crippen molar-refractivity contribution in [3.05, 3.63) is 0 Å². The summed E-state index contributed by atoms with van der Waals surface area (Å²) in [4.78, 5) is 0. The molecule has 5 saturated carbocycles. The van der Waals surface area contributed by atoms with Gasteiger partial charge in [0.25, 0.3) is 0 Å². The molecule has 2 unspecified atom stereocenters. The van der Waals surface area contributed by atoms with E-state index in [0.29, 0.717) is 0 Å². The molecule has 0 nitrogen and oxygen atoms in total. The van der Waals surface area contributed by atoms with Gasteiger partial charge in [0.1, 0.15) is 0 Å². The van der Waals surface area contributed by atoms with Gasteiger partial charge in [-0.3, -0.25) is 0 Å². The molecule has 0 aromatic heterocycles. The average molecular weight is 445 g/mol. The fourth-order valence-corrected chi connectivity index (χ4v) is 8.73. The summed E-state index contributed by atoms with van der Waals surface area (Å²) in [5.74, 6) is 7.81. The first-order valence-corrected chi connectivity index (χ1v) is 15.3. The first-order valence-electron chi connectivity index (χ1n) is 15.3. The Hall–Kier alpha value is 0. The summed E-state index contributed by atoms with van der Waals surface area (Å²) in [6.07, 6.45) is 35.6. The molecule has 0 radical (unpaired) electrons. The molecule has 0 saturated heterocycles. The maximum absolute atomic E-state index is 2.40. The van der Waals surface area contributed by atoms with Crippen LogP contribution in [-0.4, -0.2) is 0 Å². The zero-order valence-electron chi connectivity index (χ0n) is 21.3. The van der Waals surface area contributed by atoms with Crippen molar-refractivity contribution < 1.29 is 0 Å². The molecule has 0 aliphatic heterocycles. The van der Waals surface area contributed by atoms with Gasteiger partial charge in [0.2, 0.25) is 0 Å². The molecule has 32 heavy (non-hydrogen) atoms. The predicted octanol–water partition coefficient (Wildman–Crippen LogP) is 11.0. The largest absolute Gasteiger partial charge is 0.0776 e. The van der Waals surface area contributed by atoms with E-state index in [0.717, 1.165) is 41.4 Å². The van der Waals surface area contributed by atoms with Crippen LogP contribution in [0.5, 0.6) is 0 Å². The molecule has 5 rings (SSSR count). The summed E-state index contributed by atoms with van der Waals surface area (Å²) in [7, 11) is 0. The van der Waals surface area contributed by atoms with Crippen molar-refractivity contribution >= 4 is 0 Å². The number of rotatable bonds is 4. The zero-order valence-corrected chi connectivity index (χ0v) is 21.3. The van der Waals surface area contributed by atoms with E-state index in [1.807, 2.05) is 0 Å². The first kappa shape index (κ1) is 26.6. The maximum atomic E-state index is 2.40. The molecule has 0 aromatic rings. The van der Waals surface area contributed by atoms with E-state index in [4.69, 9.17) is 0 Å². The van der Waals surface area contributed by atoms with Crippen molar-refractivity contribution in [2.75, 3.05) is 0 Å². The zero-order chi connectivity index (χ0) is 21.3. The lowest BCUT2D eigenvalue weighted by molar-refractivity contribution is 0.134. The van der Waals surface area contributed by atoms with Gasteiger partial charge in [0.05, 0.1) is 0 Å². The SMILES string of the molecule is C.C1CCCCC1.CCC1CCC(C2CCC(C3CCC(C4CCCCC4)CC3)C2)CC1. The van der Waals surface area contributed by atoms with E-state index in [-0.39, 0.29) is 7.43 Å². The normalized spacial score (nSPS) is 38.9. The summed E-state index contributed by atoms with van der Waals surface area (Å²) < 4.78 is 0. The van der Waals surface area contributed by atoms with Gasteiger partial charge >= 0.3 is 0 Å². The molecule has 2 atom stereocenters. The van der Waals surface area contributed by atoms with Gasteiger partial charge in [-0.15, -0.1) is 0 Å². The second-order valence-corrected chi connectivity index (χ2v) is 12.7. The van der Waals surface area contributed by atoms with Crippen molar-refractivity contribution in [2.24, 2.45) is 41.4 Å². The summed E-state index contributed by atoms with van der Waals surface area (Å²) >= 11 is 0. The Morgan fingerprint density at radius 1 is 0.375 bits per heavy atom. The van der Waals surface area contributed by atoms with E-state index in [1.54, 1.807) is 83.5 Å². The van der Waals surface area contributed by atoms with Gasteiger partial charge in [-0.1, -0.05) is 104 Å². The lowest BCUT2D eigenvalue weighted by Gasteiger charge is -2.38. The van der Waals surface area contributed by atoms with E-state index in [9.17, 15) is 0 Å². The second kappa shape index (κ2) is 14.4.